The number of rotatable bonds is 1. The van der Waals surface area contributed by atoms with Crippen LogP contribution in [-0.2, 0) is 4.74 Å². The van der Waals surface area contributed by atoms with Crippen LogP contribution < -0.4 is 5.32 Å². The molecule has 1 aromatic rings. The van der Waals surface area contributed by atoms with Crippen LogP contribution in [0.15, 0.2) is 18.3 Å². The fourth-order valence-corrected chi connectivity index (χ4v) is 1.59. The van der Waals surface area contributed by atoms with Gasteiger partial charge in [0.25, 0.3) is 0 Å². The number of morpholine rings is 1. The number of hydrogen-bond donors (Lipinski definition) is 1. The molecule has 1 aromatic heterocycles. The molecule has 2 heterocycles. The van der Waals surface area contributed by atoms with Crippen LogP contribution in [0.2, 0.25) is 0 Å². The Morgan fingerprint density at radius 2 is 2.36 bits per heavy atom. The molecule has 2 unspecified atom stereocenters. The van der Waals surface area contributed by atoms with Crippen LogP contribution in [-0.4, -0.2) is 24.2 Å². The van der Waals surface area contributed by atoms with E-state index in [2.05, 4.69) is 23.3 Å². The quantitative estimate of drug-likeness (QED) is 0.731. The number of ether oxygens (including phenoxy) is 1. The van der Waals surface area contributed by atoms with Crippen molar-refractivity contribution in [1.82, 2.24) is 10.3 Å². The maximum absolute atomic E-state index is 5.58. The summed E-state index contributed by atoms with van der Waals surface area (Å²) >= 11 is 0. The van der Waals surface area contributed by atoms with E-state index in [1.165, 1.54) is 5.56 Å². The van der Waals surface area contributed by atoms with Crippen molar-refractivity contribution in [3.63, 3.8) is 0 Å². The zero-order chi connectivity index (χ0) is 9.97. The molecule has 0 aromatic carbocycles. The largest absolute Gasteiger partial charge is 0.375 e. The molecule has 0 amide bonds. The lowest BCUT2D eigenvalue weighted by Crippen LogP contribution is -2.39. The van der Waals surface area contributed by atoms with E-state index in [0.29, 0.717) is 12.1 Å². The van der Waals surface area contributed by atoms with Crippen LogP contribution in [0.25, 0.3) is 0 Å². The topological polar surface area (TPSA) is 34.1 Å². The Labute approximate surface area is 84.5 Å². The Morgan fingerprint density at radius 1 is 1.50 bits per heavy atom. The molecule has 0 saturated carbocycles. The van der Waals surface area contributed by atoms with Gasteiger partial charge in [-0.3, -0.25) is 4.98 Å². The second kappa shape index (κ2) is 4.07. The molecule has 1 aliphatic heterocycles. The van der Waals surface area contributed by atoms with E-state index in [-0.39, 0.29) is 0 Å². The van der Waals surface area contributed by atoms with Crippen molar-refractivity contribution in [1.29, 1.82) is 0 Å². The van der Waals surface area contributed by atoms with Crippen molar-refractivity contribution < 1.29 is 4.74 Å². The molecule has 3 heteroatoms. The SMILES string of the molecule is Cc1ccc(C2COC(C)CN2)cn1. The smallest absolute Gasteiger partial charge is 0.0672 e. The average molecular weight is 192 g/mol. The van der Waals surface area contributed by atoms with E-state index in [9.17, 15) is 0 Å². The minimum absolute atomic E-state index is 0.305. The lowest BCUT2D eigenvalue weighted by atomic mass is 10.1. The molecule has 76 valence electrons. The highest BCUT2D eigenvalue weighted by molar-refractivity contribution is 5.17. The van der Waals surface area contributed by atoms with E-state index < -0.39 is 0 Å². The number of pyridine rings is 1. The number of aromatic nitrogens is 1. The Kier molecular flexibility index (Phi) is 2.79. The van der Waals surface area contributed by atoms with Gasteiger partial charge in [-0.1, -0.05) is 6.07 Å². The van der Waals surface area contributed by atoms with Crippen molar-refractivity contribution in [3.8, 4) is 0 Å². The van der Waals surface area contributed by atoms with E-state index >= 15 is 0 Å². The minimum Gasteiger partial charge on any atom is -0.375 e. The van der Waals surface area contributed by atoms with Gasteiger partial charge in [0, 0.05) is 18.4 Å². The van der Waals surface area contributed by atoms with E-state index in [4.69, 9.17) is 4.74 Å². The third-order valence-corrected chi connectivity index (χ3v) is 2.54. The first-order valence-electron chi connectivity index (χ1n) is 5.03. The Bertz CT molecular complexity index is 289. The third-order valence-electron chi connectivity index (χ3n) is 2.54. The predicted octanol–water partition coefficient (Wildman–Crippen LogP) is 1.44. The summed E-state index contributed by atoms with van der Waals surface area (Å²) in [6.45, 7) is 5.73. The van der Waals surface area contributed by atoms with Gasteiger partial charge in [-0.15, -0.1) is 0 Å². The van der Waals surface area contributed by atoms with Crippen molar-refractivity contribution in [2.75, 3.05) is 13.2 Å². The summed E-state index contributed by atoms with van der Waals surface area (Å²) in [6.07, 6.45) is 2.25. The molecule has 0 radical (unpaired) electrons. The minimum atomic E-state index is 0.305. The summed E-state index contributed by atoms with van der Waals surface area (Å²) in [5.74, 6) is 0. The molecule has 3 nitrogen and oxygen atoms in total. The van der Waals surface area contributed by atoms with Crippen molar-refractivity contribution >= 4 is 0 Å². The number of hydrogen-bond acceptors (Lipinski definition) is 3. The maximum atomic E-state index is 5.58. The molecular weight excluding hydrogens is 176 g/mol. The van der Waals surface area contributed by atoms with Crippen LogP contribution in [0.5, 0.6) is 0 Å². The lowest BCUT2D eigenvalue weighted by molar-refractivity contribution is 0.0148. The van der Waals surface area contributed by atoms with Gasteiger partial charge in [-0.05, 0) is 25.5 Å². The molecule has 0 spiro atoms. The molecule has 0 bridgehead atoms. The van der Waals surface area contributed by atoms with Crippen molar-refractivity contribution in [2.24, 2.45) is 0 Å². The summed E-state index contributed by atoms with van der Waals surface area (Å²) in [4.78, 5) is 4.28. The highest BCUT2D eigenvalue weighted by Gasteiger charge is 2.19. The summed E-state index contributed by atoms with van der Waals surface area (Å²) in [5.41, 5.74) is 2.27. The van der Waals surface area contributed by atoms with Gasteiger partial charge in [-0.25, -0.2) is 0 Å². The zero-order valence-corrected chi connectivity index (χ0v) is 8.66. The summed E-state index contributed by atoms with van der Waals surface area (Å²) in [5, 5.41) is 3.44. The summed E-state index contributed by atoms with van der Waals surface area (Å²) in [6, 6.07) is 4.45. The Balaban J connectivity index is 2.05. The van der Waals surface area contributed by atoms with Crippen LogP contribution in [0.4, 0.5) is 0 Å². The molecule has 1 fully saturated rings. The number of nitrogens with zero attached hydrogens (tertiary/aromatic N) is 1. The molecule has 2 atom stereocenters. The normalized spacial score (nSPS) is 27.6. The van der Waals surface area contributed by atoms with E-state index in [1.54, 1.807) is 0 Å². The van der Waals surface area contributed by atoms with Crippen molar-refractivity contribution in [3.05, 3.63) is 29.6 Å². The second-order valence-electron chi connectivity index (χ2n) is 3.84. The fourth-order valence-electron chi connectivity index (χ4n) is 1.59. The molecule has 0 aliphatic carbocycles. The first kappa shape index (κ1) is 9.62. The van der Waals surface area contributed by atoms with Crippen LogP contribution in [0, 0.1) is 6.92 Å². The highest BCUT2D eigenvalue weighted by Crippen LogP contribution is 2.16. The van der Waals surface area contributed by atoms with E-state index in [0.717, 1.165) is 18.8 Å². The zero-order valence-electron chi connectivity index (χ0n) is 8.66. The van der Waals surface area contributed by atoms with E-state index in [1.807, 2.05) is 19.2 Å². The Hall–Kier alpha value is -0.930. The summed E-state index contributed by atoms with van der Waals surface area (Å²) < 4.78 is 5.58. The maximum Gasteiger partial charge on any atom is 0.0672 e. The van der Waals surface area contributed by atoms with Gasteiger partial charge >= 0.3 is 0 Å². The first-order chi connectivity index (χ1) is 6.75. The van der Waals surface area contributed by atoms with Gasteiger partial charge in [0.05, 0.1) is 18.8 Å². The molecular formula is C11H16N2O. The van der Waals surface area contributed by atoms with Crippen LogP contribution in [0.1, 0.15) is 24.2 Å². The fraction of sp³-hybridized carbons (Fsp3) is 0.545. The second-order valence-corrected chi connectivity index (χ2v) is 3.84. The third kappa shape index (κ3) is 2.11. The first-order valence-corrected chi connectivity index (χ1v) is 5.03. The standard InChI is InChI=1S/C11H16N2O/c1-8-3-4-10(6-12-8)11-7-14-9(2)5-13-11/h3-4,6,9,11,13H,5,7H2,1-2H3. The van der Waals surface area contributed by atoms with Gasteiger partial charge < -0.3 is 10.1 Å². The molecule has 2 rings (SSSR count). The lowest BCUT2D eigenvalue weighted by Gasteiger charge is -2.28. The molecule has 1 aliphatic rings. The van der Waals surface area contributed by atoms with Gasteiger partial charge in [0.2, 0.25) is 0 Å². The molecule has 14 heavy (non-hydrogen) atoms. The number of nitrogens with one attached hydrogen (secondary N) is 1. The van der Waals surface area contributed by atoms with Crippen LogP contribution in [0.3, 0.4) is 0 Å². The van der Waals surface area contributed by atoms with Gasteiger partial charge in [0.1, 0.15) is 0 Å². The van der Waals surface area contributed by atoms with Gasteiger partial charge in [-0.2, -0.15) is 0 Å². The van der Waals surface area contributed by atoms with Gasteiger partial charge in [0.15, 0.2) is 0 Å². The highest BCUT2D eigenvalue weighted by atomic mass is 16.5. The van der Waals surface area contributed by atoms with Crippen molar-refractivity contribution in [2.45, 2.75) is 26.0 Å². The number of aryl methyl sites for hydroxylation is 1. The molecule has 1 N–H and O–H groups in total. The Morgan fingerprint density at radius 3 is 2.93 bits per heavy atom. The average Bonchev–Trinajstić information content (AvgIpc) is 2.21. The van der Waals surface area contributed by atoms with Crippen LogP contribution >= 0.6 is 0 Å². The predicted molar refractivity (Wildman–Crippen MR) is 55.1 cm³/mol. The monoisotopic (exact) mass is 192 g/mol. The summed E-state index contributed by atoms with van der Waals surface area (Å²) in [7, 11) is 0. The molecule has 1 saturated heterocycles.